The van der Waals surface area contributed by atoms with E-state index in [2.05, 4.69) is 5.32 Å². The van der Waals surface area contributed by atoms with Gasteiger partial charge in [-0.2, -0.15) is 5.26 Å². The van der Waals surface area contributed by atoms with Gasteiger partial charge in [0.05, 0.1) is 17.2 Å². The number of anilines is 1. The monoisotopic (exact) mass is 494 g/mol. The van der Waals surface area contributed by atoms with Crippen molar-refractivity contribution >= 4 is 46.8 Å². The Morgan fingerprint density at radius 3 is 2.35 bits per heavy atom. The predicted molar refractivity (Wildman–Crippen MR) is 132 cm³/mol. The van der Waals surface area contributed by atoms with Crippen LogP contribution in [0, 0.1) is 11.3 Å². The van der Waals surface area contributed by atoms with Crippen LogP contribution in [0.5, 0.6) is 5.75 Å². The number of amides is 1. The molecule has 0 heterocycles. The minimum absolute atomic E-state index is 0.111. The van der Waals surface area contributed by atoms with Crippen molar-refractivity contribution in [3.8, 4) is 11.8 Å². The maximum Gasteiger partial charge on any atom is 0.338 e. The molecule has 0 fully saturated rings. The molecule has 0 aromatic heterocycles. The summed E-state index contributed by atoms with van der Waals surface area (Å²) in [5.41, 5.74) is 2.18. The van der Waals surface area contributed by atoms with E-state index in [0.29, 0.717) is 39.2 Å². The molecule has 1 N–H and O–H groups in total. The first-order valence-electron chi connectivity index (χ1n) is 10.3. The second kappa shape index (κ2) is 11.9. The first kappa shape index (κ1) is 24.8. The molecule has 0 aliphatic heterocycles. The van der Waals surface area contributed by atoms with Crippen molar-refractivity contribution in [3.63, 3.8) is 0 Å². The van der Waals surface area contributed by atoms with Gasteiger partial charge in [-0.25, -0.2) is 4.79 Å². The van der Waals surface area contributed by atoms with Gasteiger partial charge >= 0.3 is 5.97 Å². The van der Waals surface area contributed by atoms with Gasteiger partial charge in [-0.05, 0) is 72.7 Å². The number of nitrogens with zero attached hydrogens (tertiary/aromatic N) is 1. The molecule has 0 aliphatic rings. The highest BCUT2D eigenvalue weighted by Gasteiger charge is 2.12. The number of carbonyl (C=O) groups excluding carboxylic acids is 2. The van der Waals surface area contributed by atoms with E-state index in [-0.39, 0.29) is 12.2 Å². The average molecular weight is 495 g/mol. The number of hydrogen-bond acceptors (Lipinski definition) is 5. The van der Waals surface area contributed by atoms with E-state index in [9.17, 15) is 14.9 Å². The smallest absolute Gasteiger partial charge is 0.338 e. The van der Waals surface area contributed by atoms with Gasteiger partial charge in [-0.3, -0.25) is 4.79 Å². The number of rotatable bonds is 8. The largest absolute Gasteiger partial charge is 0.487 e. The number of ether oxygens (including phenoxy) is 2. The van der Waals surface area contributed by atoms with Gasteiger partial charge in [0.25, 0.3) is 5.91 Å². The molecule has 0 atom stereocenters. The molecular weight excluding hydrogens is 475 g/mol. The molecule has 172 valence electrons. The fourth-order valence-corrected chi connectivity index (χ4v) is 3.25. The minimum Gasteiger partial charge on any atom is -0.487 e. The number of carbonyl (C=O) groups is 2. The molecule has 6 nitrogen and oxygen atoms in total. The normalized spacial score (nSPS) is 10.8. The lowest BCUT2D eigenvalue weighted by Crippen LogP contribution is -2.13. The van der Waals surface area contributed by atoms with Crippen molar-refractivity contribution in [2.45, 2.75) is 13.5 Å². The second-order valence-electron chi connectivity index (χ2n) is 7.03. The van der Waals surface area contributed by atoms with E-state index in [1.54, 1.807) is 49.4 Å². The molecule has 3 aromatic carbocycles. The molecule has 0 spiro atoms. The summed E-state index contributed by atoms with van der Waals surface area (Å²) in [7, 11) is 0. The van der Waals surface area contributed by atoms with Crippen LogP contribution in [-0.2, 0) is 16.1 Å². The Morgan fingerprint density at radius 1 is 1.03 bits per heavy atom. The summed E-state index contributed by atoms with van der Waals surface area (Å²) < 4.78 is 10.7. The number of hydrogen-bond donors (Lipinski definition) is 1. The zero-order valence-corrected chi connectivity index (χ0v) is 19.7. The van der Waals surface area contributed by atoms with Crippen LogP contribution in [0.4, 0.5) is 5.69 Å². The SMILES string of the molecule is CCOC(=O)c1ccc(NC(=O)/C(C#N)=C/c2ccc(OCc3ccc(Cl)cc3)c(Cl)c2)cc1. The first-order chi connectivity index (χ1) is 16.4. The summed E-state index contributed by atoms with van der Waals surface area (Å²) in [6.07, 6.45) is 1.43. The van der Waals surface area contributed by atoms with Crippen LogP contribution in [0.15, 0.2) is 72.3 Å². The third kappa shape index (κ3) is 6.85. The van der Waals surface area contributed by atoms with Crippen LogP contribution in [0.3, 0.4) is 0 Å². The topological polar surface area (TPSA) is 88.4 Å². The summed E-state index contributed by atoms with van der Waals surface area (Å²) in [5.74, 6) is -0.570. The molecule has 1 amide bonds. The third-order valence-electron chi connectivity index (χ3n) is 4.59. The fraction of sp³-hybridized carbons (Fsp3) is 0.115. The molecule has 0 unspecified atom stereocenters. The Kier molecular flexibility index (Phi) is 8.69. The molecule has 34 heavy (non-hydrogen) atoms. The van der Waals surface area contributed by atoms with E-state index in [1.165, 1.54) is 18.2 Å². The number of benzene rings is 3. The zero-order valence-electron chi connectivity index (χ0n) is 18.2. The first-order valence-corrected chi connectivity index (χ1v) is 11.0. The lowest BCUT2D eigenvalue weighted by molar-refractivity contribution is -0.112. The van der Waals surface area contributed by atoms with E-state index < -0.39 is 11.9 Å². The number of esters is 1. The van der Waals surface area contributed by atoms with Crippen LogP contribution in [0.1, 0.15) is 28.4 Å². The molecule has 0 radical (unpaired) electrons. The third-order valence-corrected chi connectivity index (χ3v) is 5.14. The maximum atomic E-state index is 12.5. The zero-order chi connectivity index (χ0) is 24.5. The van der Waals surface area contributed by atoms with E-state index >= 15 is 0 Å². The fourth-order valence-electron chi connectivity index (χ4n) is 2.88. The van der Waals surface area contributed by atoms with Crippen molar-refractivity contribution < 1.29 is 19.1 Å². The summed E-state index contributed by atoms with van der Waals surface area (Å²) in [6.45, 7) is 2.30. The van der Waals surface area contributed by atoms with Gasteiger partial charge in [0.2, 0.25) is 0 Å². The molecule has 3 rings (SSSR count). The van der Waals surface area contributed by atoms with E-state index in [1.807, 2.05) is 18.2 Å². The van der Waals surface area contributed by atoms with Crippen LogP contribution in [0.25, 0.3) is 6.08 Å². The molecule has 3 aromatic rings. The Balaban J connectivity index is 1.66. The van der Waals surface area contributed by atoms with Crippen molar-refractivity contribution in [2.75, 3.05) is 11.9 Å². The van der Waals surface area contributed by atoms with E-state index in [4.69, 9.17) is 32.7 Å². The molecule has 8 heteroatoms. The standard InChI is InChI=1S/C26H20Cl2N2O4/c1-2-33-26(32)19-6-10-22(11-7-19)30-25(31)20(15-29)13-18-5-12-24(23(28)14-18)34-16-17-3-8-21(27)9-4-17/h3-14H,2,16H2,1H3,(H,30,31)/b20-13+. The summed E-state index contributed by atoms with van der Waals surface area (Å²) in [5, 5.41) is 13.1. The summed E-state index contributed by atoms with van der Waals surface area (Å²) in [6, 6.07) is 20.3. The number of nitriles is 1. The van der Waals surface area contributed by atoms with Gasteiger partial charge in [0.1, 0.15) is 24.0 Å². The van der Waals surface area contributed by atoms with Gasteiger partial charge in [0.15, 0.2) is 0 Å². The second-order valence-corrected chi connectivity index (χ2v) is 7.87. The highest BCUT2D eigenvalue weighted by Crippen LogP contribution is 2.27. The minimum atomic E-state index is -0.592. The van der Waals surface area contributed by atoms with Gasteiger partial charge < -0.3 is 14.8 Å². The number of nitrogens with one attached hydrogen (secondary N) is 1. The molecule has 0 bridgehead atoms. The van der Waals surface area contributed by atoms with Crippen LogP contribution < -0.4 is 10.1 Å². The highest BCUT2D eigenvalue weighted by atomic mass is 35.5. The van der Waals surface area contributed by atoms with E-state index in [0.717, 1.165) is 5.56 Å². The Morgan fingerprint density at radius 2 is 1.74 bits per heavy atom. The summed E-state index contributed by atoms with van der Waals surface area (Å²) in [4.78, 5) is 24.3. The Hall–Kier alpha value is -3.79. The van der Waals surface area contributed by atoms with Crippen molar-refractivity contribution in [1.29, 1.82) is 5.26 Å². The van der Waals surface area contributed by atoms with Gasteiger partial charge in [0, 0.05) is 10.7 Å². The number of halogens is 2. The van der Waals surface area contributed by atoms with Crippen LogP contribution >= 0.6 is 23.2 Å². The lowest BCUT2D eigenvalue weighted by atomic mass is 10.1. The highest BCUT2D eigenvalue weighted by molar-refractivity contribution is 6.32. The van der Waals surface area contributed by atoms with Crippen molar-refractivity contribution in [1.82, 2.24) is 0 Å². The molecule has 0 aliphatic carbocycles. The molecule has 0 saturated carbocycles. The molecular formula is C26H20Cl2N2O4. The Labute approximate surface area is 207 Å². The Bertz CT molecular complexity index is 1250. The average Bonchev–Trinajstić information content (AvgIpc) is 2.83. The predicted octanol–water partition coefficient (Wildman–Crippen LogP) is 6.29. The summed E-state index contributed by atoms with van der Waals surface area (Å²) >= 11 is 12.2. The maximum absolute atomic E-state index is 12.5. The lowest BCUT2D eigenvalue weighted by Gasteiger charge is -2.09. The quantitative estimate of drug-likeness (QED) is 0.225. The molecule has 0 saturated heterocycles. The van der Waals surface area contributed by atoms with Crippen LogP contribution in [0.2, 0.25) is 10.0 Å². The van der Waals surface area contributed by atoms with Gasteiger partial charge in [-0.1, -0.05) is 41.4 Å². The van der Waals surface area contributed by atoms with Crippen molar-refractivity contribution in [2.24, 2.45) is 0 Å². The van der Waals surface area contributed by atoms with Crippen molar-refractivity contribution in [3.05, 3.63) is 99.0 Å². The van der Waals surface area contributed by atoms with Gasteiger partial charge in [-0.15, -0.1) is 0 Å². The van der Waals surface area contributed by atoms with Crippen LogP contribution in [-0.4, -0.2) is 18.5 Å².